The van der Waals surface area contributed by atoms with Crippen LogP contribution in [0.1, 0.15) is 19.8 Å². The molecule has 2 heteroatoms. The van der Waals surface area contributed by atoms with Gasteiger partial charge in [0.1, 0.15) is 0 Å². The average Bonchev–Trinajstić information content (AvgIpc) is 2.55. The third-order valence-corrected chi connectivity index (χ3v) is 3.88. The lowest BCUT2D eigenvalue weighted by Crippen LogP contribution is -2.15. The van der Waals surface area contributed by atoms with Crippen LogP contribution in [0.25, 0.3) is 0 Å². The molecule has 1 aliphatic carbocycles. The van der Waals surface area contributed by atoms with Gasteiger partial charge in [0.2, 0.25) is 0 Å². The smallest absolute Gasteiger partial charge is 0.0500 e. The topological polar surface area (TPSA) is 9.23 Å². The second-order valence-corrected chi connectivity index (χ2v) is 4.43. The molecule has 0 aromatic carbocycles. The van der Waals surface area contributed by atoms with Gasteiger partial charge in [-0.2, -0.15) is 0 Å². The van der Waals surface area contributed by atoms with Gasteiger partial charge in [0.25, 0.3) is 0 Å². The fourth-order valence-electron chi connectivity index (χ4n) is 2.26. The number of hydrogen-bond acceptors (Lipinski definition) is 1. The Morgan fingerprint density at radius 2 is 2.45 bits per heavy atom. The SMILES string of the molecule is CC1(C2CCOC2)CC1CCl. The van der Waals surface area contributed by atoms with E-state index in [4.69, 9.17) is 16.3 Å². The molecule has 0 aromatic heterocycles. The average molecular weight is 175 g/mol. The van der Waals surface area contributed by atoms with Crippen LogP contribution in [-0.2, 0) is 4.74 Å². The maximum atomic E-state index is 5.82. The van der Waals surface area contributed by atoms with Crippen molar-refractivity contribution < 1.29 is 4.74 Å². The van der Waals surface area contributed by atoms with Gasteiger partial charge in [-0.15, -0.1) is 11.6 Å². The minimum atomic E-state index is 0.540. The predicted molar refractivity (Wildman–Crippen MR) is 45.9 cm³/mol. The van der Waals surface area contributed by atoms with Crippen LogP contribution in [0.3, 0.4) is 0 Å². The zero-order valence-corrected chi connectivity index (χ0v) is 7.73. The minimum absolute atomic E-state index is 0.540. The van der Waals surface area contributed by atoms with E-state index < -0.39 is 0 Å². The summed E-state index contributed by atoms with van der Waals surface area (Å²) in [6, 6.07) is 0. The Morgan fingerprint density at radius 3 is 2.91 bits per heavy atom. The van der Waals surface area contributed by atoms with E-state index in [1.807, 2.05) is 0 Å². The number of rotatable bonds is 2. The van der Waals surface area contributed by atoms with E-state index in [0.29, 0.717) is 5.41 Å². The lowest BCUT2D eigenvalue weighted by molar-refractivity contribution is 0.167. The summed E-state index contributed by atoms with van der Waals surface area (Å²) in [5.41, 5.74) is 0.540. The molecular formula is C9H15ClO. The minimum Gasteiger partial charge on any atom is -0.381 e. The summed E-state index contributed by atoms with van der Waals surface area (Å²) in [6.07, 6.45) is 2.58. The molecule has 0 amide bonds. The quantitative estimate of drug-likeness (QED) is 0.584. The maximum Gasteiger partial charge on any atom is 0.0500 e. The molecule has 2 rings (SSSR count). The molecule has 0 aromatic rings. The van der Waals surface area contributed by atoms with E-state index in [0.717, 1.165) is 30.9 Å². The normalized spacial score (nSPS) is 49.6. The third kappa shape index (κ3) is 1.19. The van der Waals surface area contributed by atoms with Crippen LogP contribution >= 0.6 is 11.6 Å². The summed E-state index contributed by atoms with van der Waals surface area (Å²) < 4.78 is 5.37. The number of halogens is 1. The van der Waals surface area contributed by atoms with E-state index in [1.165, 1.54) is 12.8 Å². The van der Waals surface area contributed by atoms with Crippen LogP contribution in [0.15, 0.2) is 0 Å². The summed E-state index contributed by atoms with van der Waals surface area (Å²) in [4.78, 5) is 0. The van der Waals surface area contributed by atoms with Crippen molar-refractivity contribution in [3.63, 3.8) is 0 Å². The Kier molecular flexibility index (Phi) is 1.89. The van der Waals surface area contributed by atoms with Crippen LogP contribution in [-0.4, -0.2) is 19.1 Å². The Labute approximate surface area is 73.1 Å². The van der Waals surface area contributed by atoms with Gasteiger partial charge < -0.3 is 4.74 Å². The molecule has 11 heavy (non-hydrogen) atoms. The zero-order chi connectivity index (χ0) is 7.90. The van der Waals surface area contributed by atoms with Crippen molar-refractivity contribution in [2.24, 2.45) is 17.3 Å². The van der Waals surface area contributed by atoms with Crippen molar-refractivity contribution in [2.45, 2.75) is 19.8 Å². The van der Waals surface area contributed by atoms with Gasteiger partial charge in [-0.1, -0.05) is 6.92 Å². The number of ether oxygens (including phenoxy) is 1. The van der Waals surface area contributed by atoms with Gasteiger partial charge in [0, 0.05) is 19.1 Å². The molecule has 0 bridgehead atoms. The lowest BCUT2D eigenvalue weighted by Gasteiger charge is -2.16. The van der Waals surface area contributed by atoms with E-state index in [9.17, 15) is 0 Å². The molecule has 1 saturated heterocycles. The van der Waals surface area contributed by atoms with Crippen molar-refractivity contribution >= 4 is 11.6 Å². The standard InChI is InChI=1S/C9H15ClO/c1-9(4-8(9)5-10)7-2-3-11-6-7/h7-8H,2-6H2,1H3. The second-order valence-electron chi connectivity index (χ2n) is 4.12. The van der Waals surface area contributed by atoms with Crippen LogP contribution in [0, 0.1) is 17.3 Å². The Balaban J connectivity index is 1.94. The van der Waals surface area contributed by atoms with E-state index in [-0.39, 0.29) is 0 Å². The molecule has 1 nitrogen and oxygen atoms in total. The summed E-state index contributed by atoms with van der Waals surface area (Å²) in [7, 11) is 0. The van der Waals surface area contributed by atoms with E-state index in [2.05, 4.69) is 6.92 Å². The maximum absolute atomic E-state index is 5.82. The highest BCUT2D eigenvalue weighted by Gasteiger charge is 2.54. The third-order valence-electron chi connectivity index (χ3n) is 3.51. The Bertz CT molecular complexity index is 154. The highest BCUT2D eigenvalue weighted by molar-refractivity contribution is 6.18. The van der Waals surface area contributed by atoms with Gasteiger partial charge in [-0.25, -0.2) is 0 Å². The van der Waals surface area contributed by atoms with Crippen LogP contribution < -0.4 is 0 Å². The lowest BCUT2D eigenvalue weighted by atomic mass is 9.88. The van der Waals surface area contributed by atoms with Crippen LogP contribution in [0.4, 0.5) is 0 Å². The molecule has 1 aliphatic heterocycles. The van der Waals surface area contributed by atoms with Gasteiger partial charge in [-0.05, 0) is 30.1 Å². The molecule has 0 N–H and O–H groups in total. The van der Waals surface area contributed by atoms with Crippen molar-refractivity contribution in [2.75, 3.05) is 19.1 Å². The molecule has 2 aliphatic rings. The fraction of sp³-hybridized carbons (Fsp3) is 1.00. The Morgan fingerprint density at radius 1 is 1.64 bits per heavy atom. The van der Waals surface area contributed by atoms with Crippen molar-refractivity contribution in [3.05, 3.63) is 0 Å². The first kappa shape index (κ1) is 7.88. The first-order chi connectivity index (χ1) is 5.27. The Hall–Kier alpha value is 0.250. The van der Waals surface area contributed by atoms with Crippen molar-refractivity contribution in [1.29, 1.82) is 0 Å². The number of alkyl halides is 1. The van der Waals surface area contributed by atoms with Gasteiger partial charge in [0.15, 0.2) is 0 Å². The van der Waals surface area contributed by atoms with Gasteiger partial charge >= 0.3 is 0 Å². The highest BCUT2D eigenvalue weighted by Crippen LogP contribution is 2.59. The van der Waals surface area contributed by atoms with Crippen molar-refractivity contribution in [3.8, 4) is 0 Å². The molecule has 3 atom stereocenters. The molecule has 1 heterocycles. The summed E-state index contributed by atoms with van der Waals surface area (Å²) in [6.45, 7) is 4.30. The van der Waals surface area contributed by atoms with Crippen molar-refractivity contribution in [1.82, 2.24) is 0 Å². The summed E-state index contributed by atoms with van der Waals surface area (Å²) in [5, 5.41) is 0. The molecule has 64 valence electrons. The highest BCUT2D eigenvalue weighted by atomic mass is 35.5. The fourth-order valence-corrected chi connectivity index (χ4v) is 2.72. The monoisotopic (exact) mass is 174 g/mol. The zero-order valence-electron chi connectivity index (χ0n) is 6.98. The first-order valence-electron chi connectivity index (χ1n) is 4.41. The molecule has 0 spiro atoms. The second kappa shape index (κ2) is 2.63. The molecule has 0 radical (unpaired) electrons. The van der Waals surface area contributed by atoms with Gasteiger partial charge in [-0.3, -0.25) is 0 Å². The molecule has 1 saturated carbocycles. The molecular weight excluding hydrogens is 160 g/mol. The number of hydrogen-bond donors (Lipinski definition) is 0. The molecule has 2 fully saturated rings. The molecule has 3 unspecified atom stereocenters. The summed E-state index contributed by atoms with van der Waals surface area (Å²) >= 11 is 5.82. The largest absolute Gasteiger partial charge is 0.381 e. The van der Waals surface area contributed by atoms with Crippen LogP contribution in [0.5, 0.6) is 0 Å². The predicted octanol–water partition coefficient (Wildman–Crippen LogP) is 2.29. The van der Waals surface area contributed by atoms with E-state index >= 15 is 0 Å². The first-order valence-corrected chi connectivity index (χ1v) is 4.94. The summed E-state index contributed by atoms with van der Waals surface area (Å²) in [5.74, 6) is 2.41. The van der Waals surface area contributed by atoms with E-state index in [1.54, 1.807) is 0 Å². The van der Waals surface area contributed by atoms with Gasteiger partial charge in [0.05, 0.1) is 0 Å². The van der Waals surface area contributed by atoms with Crippen LogP contribution in [0.2, 0.25) is 0 Å².